The van der Waals surface area contributed by atoms with Gasteiger partial charge in [0.25, 0.3) is 0 Å². The van der Waals surface area contributed by atoms with Crippen molar-refractivity contribution in [1.82, 2.24) is 5.32 Å². The Bertz CT molecular complexity index is 366. The van der Waals surface area contributed by atoms with Gasteiger partial charge in [0.1, 0.15) is 0 Å². The lowest BCUT2D eigenvalue weighted by atomic mass is 10.1. The number of aliphatic carboxylic acids is 1. The van der Waals surface area contributed by atoms with E-state index in [1.807, 2.05) is 0 Å². The topological polar surface area (TPSA) is 86.6 Å². The van der Waals surface area contributed by atoms with Gasteiger partial charge in [0.15, 0.2) is 0 Å². The molecular weight excluding hydrogens is 234 g/mol. The van der Waals surface area contributed by atoms with E-state index in [0.717, 1.165) is 19.3 Å². The standard InChI is InChI=1S/C13H21NO4/c1-13(2)9(10(13)12(17)18)11(16)14-6-7-4-3-5-8(7)15/h7-10,15H,3-6H2,1-2H3,(H,14,16)(H,17,18). The summed E-state index contributed by atoms with van der Waals surface area (Å²) in [6, 6.07) is 0. The van der Waals surface area contributed by atoms with Gasteiger partial charge in [0.05, 0.1) is 17.9 Å². The van der Waals surface area contributed by atoms with Crippen LogP contribution in [0.15, 0.2) is 0 Å². The lowest BCUT2D eigenvalue weighted by molar-refractivity contribution is -0.140. The van der Waals surface area contributed by atoms with Crippen LogP contribution in [0.1, 0.15) is 33.1 Å². The van der Waals surface area contributed by atoms with E-state index < -0.39 is 23.2 Å². The molecule has 4 unspecified atom stereocenters. The summed E-state index contributed by atoms with van der Waals surface area (Å²) >= 11 is 0. The van der Waals surface area contributed by atoms with Gasteiger partial charge in [-0.3, -0.25) is 9.59 Å². The minimum absolute atomic E-state index is 0.124. The van der Waals surface area contributed by atoms with Gasteiger partial charge in [-0.1, -0.05) is 20.3 Å². The third-order valence-corrected chi connectivity index (χ3v) is 4.53. The number of amides is 1. The van der Waals surface area contributed by atoms with Gasteiger partial charge in [0, 0.05) is 12.5 Å². The number of carboxylic acid groups (broad SMARTS) is 1. The van der Waals surface area contributed by atoms with Crippen molar-refractivity contribution in [2.75, 3.05) is 6.54 Å². The minimum atomic E-state index is -0.902. The number of hydrogen-bond acceptors (Lipinski definition) is 3. The van der Waals surface area contributed by atoms with Crippen molar-refractivity contribution in [3.63, 3.8) is 0 Å². The van der Waals surface area contributed by atoms with Crippen molar-refractivity contribution in [2.24, 2.45) is 23.2 Å². The highest BCUT2D eigenvalue weighted by molar-refractivity contribution is 5.91. The van der Waals surface area contributed by atoms with Crippen molar-refractivity contribution >= 4 is 11.9 Å². The van der Waals surface area contributed by atoms with Gasteiger partial charge < -0.3 is 15.5 Å². The third kappa shape index (κ3) is 2.23. The molecule has 0 radical (unpaired) electrons. The lowest BCUT2D eigenvalue weighted by Gasteiger charge is -2.15. The van der Waals surface area contributed by atoms with Crippen LogP contribution in [0.5, 0.6) is 0 Å². The molecule has 5 heteroatoms. The minimum Gasteiger partial charge on any atom is -0.481 e. The quantitative estimate of drug-likeness (QED) is 0.687. The smallest absolute Gasteiger partial charge is 0.307 e. The average Bonchev–Trinajstić information content (AvgIpc) is 2.62. The van der Waals surface area contributed by atoms with Crippen LogP contribution in [0.2, 0.25) is 0 Å². The van der Waals surface area contributed by atoms with Crippen LogP contribution in [0.4, 0.5) is 0 Å². The SMILES string of the molecule is CC1(C)C(C(=O)O)C1C(=O)NCC1CCCC1O. The first-order chi connectivity index (χ1) is 8.35. The molecule has 0 saturated heterocycles. The van der Waals surface area contributed by atoms with Crippen LogP contribution < -0.4 is 5.32 Å². The first-order valence-electron chi connectivity index (χ1n) is 6.54. The Morgan fingerprint density at radius 3 is 2.39 bits per heavy atom. The van der Waals surface area contributed by atoms with E-state index in [0.29, 0.717) is 6.54 Å². The van der Waals surface area contributed by atoms with Crippen molar-refractivity contribution < 1.29 is 19.8 Å². The molecule has 0 heterocycles. The fourth-order valence-corrected chi connectivity index (χ4v) is 3.18. The average molecular weight is 255 g/mol. The van der Waals surface area contributed by atoms with Crippen LogP contribution in [-0.4, -0.2) is 34.7 Å². The van der Waals surface area contributed by atoms with Crippen LogP contribution in [0.25, 0.3) is 0 Å². The Labute approximate surface area is 107 Å². The number of hydrogen-bond donors (Lipinski definition) is 3. The van der Waals surface area contributed by atoms with Gasteiger partial charge in [-0.2, -0.15) is 0 Å². The number of carboxylic acids is 1. The van der Waals surface area contributed by atoms with Crippen molar-refractivity contribution in [3.8, 4) is 0 Å². The molecule has 5 nitrogen and oxygen atoms in total. The van der Waals surface area contributed by atoms with Crippen molar-refractivity contribution in [1.29, 1.82) is 0 Å². The zero-order valence-corrected chi connectivity index (χ0v) is 10.8. The van der Waals surface area contributed by atoms with Gasteiger partial charge >= 0.3 is 5.97 Å². The van der Waals surface area contributed by atoms with Crippen molar-refractivity contribution in [2.45, 2.75) is 39.2 Å². The third-order valence-electron chi connectivity index (χ3n) is 4.53. The highest BCUT2D eigenvalue weighted by Crippen LogP contribution is 2.58. The van der Waals surface area contributed by atoms with Gasteiger partial charge in [-0.15, -0.1) is 0 Å². The summed E-state index contributed by atoms with van der Waals surface area (Å²) < 4.78 is 0. The predicted molar refractivity (Wildman–Crippen MR) is 64.8 cm³/mol. The summed E-state index contributed by atoms with van der Waals surface area (Å²) in [7, 11) is 0. The lowest BCUT2D eigenvalue weighted by Crippen LogP contribution is -2.34. The largest absolute Gasteiger partial charge is 0.481 e. The van der Waals surface area contributed by atoms with E-state index in [9.17, 15) is 14.7 Å². The Hall–Kier alpha value is -1.10. The van der Waals surface area contributed by atoms with Crippen LogP contribution in [0.3, 0.4) is 0 Å². The summed E-state index contributed by atoms with van der Waals surface area (Å²) in [4.78, 5) is 22.9. The number of nitrogens with one attached hydrogen (secondary N) is 1. The molecule has 0 spiro atoms. The molecule has 0 bridgehead atoms. The van der Waals surface area contributed by atoms with Crippen LogP contribution in [0, 0.1) is 23.2 Å². The normalized spacial score (nSPS) is 37.3. The molecule has 0 aromatic heterocycles. The zero-order chi connectivity index (χ0) is 13.5. The number of aliphatic hydroxyl groups excluding tert-OH is 1. The number of aliphatic hydroxyl groups is 1. The second kappa shape index (κ2) is 4.53. The van der Waals surface area contributed by atoms with Gasteiger partial charge in [-0.25, -0.2) is 0 Å². The van der Waals surface area contributed by atoms with E-state index in [1.165, 1.54) is 0 Å². The molecule has 1 amide bonds. The summed E-state index contributed by atoms with van der Waals surface area (Å²) in [5.41, 5.74) is -0.454. The molecule has 0 aliphatic heterocycles. The first-order valence-corrected chi connectivity index (χ1v) is 6.54. The molecule has 2 fully saturated rings. The second-order valence-electron chi connectivity index (χ2n) is 6.12. The summed E-state index contributed by atoms with van der Waals surface area (Å²) in [5.74, 6) is -1.98. The molecular formula is C13H21NO4. The molecule has 102 valence electrons. The van der Waals surface area contributed by atoms with Gasteiger partial charge in [-0.05, 0) is 18.3 Å². The number of carbonyl (C=O) groups excluding carboxylic acids is 1. The molecule has 0 aromatic rings. The molecule has 2 aliphatic rings. The predicted octanol–water partition coefficient (Wildman–Crippen LogP) is 0.620. The molecule has 18 heavy (non-hydrogen) atoms. The monoisotopic (exact) mass is 255 g/mol. The molecule has 2 aliphatic carbocycles. The fraction of sp³-hybridized carbons (Fsp3) is 0.846. The maximum Gasteiger partial charge on any atom is 0.307 e. The van der Waals surface area contributed by atoms with Crippen LogP contribution >= 0.6 is 0 Å². The van der Waals surface area contributed by atoms with Gasteiger partial charge in [0.2, 0.25) is 5.91 Å². The van der Waals surface area contributed by atoms with E-state index >= 15 is 0 Å². The molecule has 2 rings (SSSR count). The Morgan fingerprint density at radius 2 is 1.94 bits per heavy atom. The molecule has 2 saturated carbocycles. The maximum atomic E-state index is 11.9. The van der Waals surface area contributed by atoms with Crippen molar-refractivity contribution in [3.05, 3.63) is 0 Å². The first kappa shape index (κ1) is 13.3. The molecule has 0 aromatic carbocycles. The Kier molecular flexibility index (Phi) is 3.36. The summed E-state index contributed by atoms with van der Waals surface area (Å²) in [5, 5.41) is 21.5. The zero-order valence-electron chi connectivity index (χ0n) is 10.8. The molecule has 4 atom stereocenters. The maximum absolute atomic E-state index is 11.9. The number of carbonyl (C=O) groups is 2. The highest BCUT2D eigenvalue weighted by Gasteiger charge is 2.65. The summed E-state index contributed by atoms with van der Waals surface area (Å²) in [6.45, 7) is 4.07. The molecule has 3 N–H and O–H groups in total. The van der Waals surface area contributed by atoms with Crippen LogP contribution in [-0.2, 0) is 9.59 Å². The van der Waals surface area contributed by atoms with E-state index in [1.54, 1.807) is 13.8 Å². The number of rotatable bonds is 4. The van der Waals surface area contributed by atoms with E-state index in [-0.39, 0.29) is 17.9 Å². The Balaban J connectivity index is 1.84. The second-order valence-corrected chi connectivity index (χ2v) is 6.12. The fourth-order valence-electron chi connectivity index (χ4n) is 3.18. The Morgan fingerprint density at radius 1 is 1.28 bits per heavy atom. The van der Waals surface area contributed by atoms with E-state index in [4.69, 9.17) is 5.11 Å². The summed E-state index contributed by atoms with van der Waals surface area (Å²) in [6.07, 6.45) is 2.40. The highest BCUT2D eigenvalue weighted by atomic mass is 16.4. The van der Waals surface area contributed by atoms with E-state index in [2.05, 4.69) is 5.32 Å².